The van der Waals surface area contributed by atoms with Crippen molar-refractivity contribution >= 4 is 23.3 Å². The molecule has 2 bridgehead atoms. The van der Waals surface area contributed by atoms with E-state index in [1.165, 1.54) is 5.56 Å². The zero-order valence-electron chi connectivity index (χ0n) is 27.5. The van der Waals surface area contributed by atoms with Gasteiger partial charge >= 0.3 is 6.03 Å². The maximum absolute atomic E-state index is 13.1. The molecule has 0 aliphatic carbocycles. The molecular weight excluding hydrogens is 574 g/mol. The van der Waals surface area contributed by atoms with Crippen molar-refractivity contribution in [3.63, 3.8) is 0 Å². The number of fused-ring (bicyclic) bond motifs is 2. The zero-order valence-corrected chi connectivity index (χ0v) is 27.5. The molecule has 0 radical (unpaired) electrons. The van der Waals surface area contributed by atoms with Gasteiger partial charge in [-0.2, -0.15) is 5.10 Å². The van der Waals surface area contributed by atoms with Crippen LogP contribution >= 0.6 is 0 Å². The summed E-state index contributed by atoms with van der Waals surface area (Å²) in [5.41, 5.74) is 5.52. The minimum Gasteiger partial charge on any atom is -0.497 e. The van der Waals surface area contributed by atoms with Crippen LogP contribution in [0, 0.1) is 12.8 Å². The fraction of sp³-hybridized carbons (Fsp3) is 0.395. The highest BCUT2D eigenvalue weighted by atomic mass is 16.5. The molecule has 46 heavy (non-hydrogen) atoms. The first kappa shape index (κ1) is 31.5. The standard InChI is InChI=1S/C38H45N5O3/c1-25-9-15-30(16-10-25)43-36(23-35(41-43)38(2,3)4)40-37(45)39-29-13-11-26(12-14-29)19-27-20-31-17-18-32(21-27)42(31)24-34(44)28-7-6-8-33(22-28)46-5/h6-16,22-23,27,31-32H,17-21,24H2,1-5H3,(H2,39,40,45). The molecule has 2 amide bonds. The average Bonchev–Trinajstić information content (AvgIpc) is 3.55. The number of hydrogen-bond donors (Lipinski definition) is 2. The number of nitrogens with zero attached hydrogens (tertiary/aromatic N) is 3. The van der Waals surface area contributed by atoms with E-state index in [-0.39, 0.29) is 17.2 Å². The number of ether oxygens (including phenoxy) is 1. The number of rotatable bonds is 9. The maximum atomic E-state index is 13.1. The molecule has 2 fully saturated rings. The number of piperidine rings is 1. The number of anilines is 2. The predicted octanol–water partition coefficient (Wildman–Crippen LogP) is 7.80. The Labute approximate surface area is 272 Å². The number of amides is 2. The molecule has 2 aliphatic heterocycles. The molecule has 2 atom stereocenters. The molecule has 6 rings (SSSR count). The van der Waals surface area contributed by atoms with E-state index in [1.807, 2.05) is 73.7 Å². The zero-order chi connectivity index (χ0) is 32.4. The van der Waals surface area contributed by atoms with Gasteiger partial charge < -0.3 is 10.1 Å². The number of aryl methyl sites for hydroxylation is 1. The highest BCUT2D eigenvalue weighted by molar-refractivity contribution is 5.99. The fourth-order valence-electron chi connectivity index (χ4n) is 6.92. The second-order valence-corrected chi connectivity index (χ2v) is 13.9. The van der Waals surface area contributed by atoms with E-state index < -0.39 is 0 Å². The Morgan fingerprint density at radius 3 is 2.26 bits per heavy atom. The lowest BCUT2D eigenvalue weighted by atomic mass is 9.85. The molecule has 4 aromatic rings. The lowest BCUT2D eigenvalue weighted by Gasteiger charge is -2.38. The monoisotopic (exact) mass is 619 g/mol. The summed E-state index contributed by atoms with van der Waals surface area (Å²) in [6.45, 7) is 8.85. The van der Waals surface area contributed by atoms with Crippen LogP contribution in [0.15, 0.2) is 78.9 Å². The van der Waals surface area contributed by atoms with Gasteiger partial charge in [0.25, 0.3) is 0 Å². The number of urea groups is 1. The number of Topliss-reactive ketones (excluding diaryl/α,β-unsaturated/α-hetero) is 1. The Hall–Kier alpha value is -4.43. The number of methoxy groups -OCH3 is 1. The van der Waals surface area contributed by atoms with Crippen LogP contribution in [0.25, 0.3) is 5.69 Å². The van der Waals surface area contributed by atoms with Crippen molar-refractivity contribution in [3.05, 3.63) is 101 Å². The van der Waals surface area contributed by atoms with Crippen molar-refractivity contribution in [2.24, 2.45) is 5.92 Å². The van der Waals surface area contributed by atoms with E-state index in [1.54, 1.807) is 11.8 Å². The van der Waals surface area contributed by atoms with Crippen molar-refractivity contribution in [1.82, 2.24) is 14.7 Å². The Balaban J connectivity index is 1.04. The van der Waals surface area contributed by atoms with Crippen molar-refractivity contribution in [2.45, 2.75) is 77.3 Å². The topological polar surface area (TPSA) is 88.5 Å². The molecule has 240 valence electrons. The quantitative estimate of drug-likeness (QED) is 0.187. The number of aromatic nitrogens is 2. The molecule has 2 unspecified atom stereocenters. The average molecular weight is 620 g/mol. The second-order valence-electron chi connectivity index (χ2n) is 13.9. The van der Waals surface area contributed by atoms with Crippen LogP contribution in [-0.4, -0.2) is 52.2 Å². The first-order valence-corrected chi connectivity index (χ1v) is 16.3. The van der Waals surface area contributed by atoms with E-state index in [0.29, 0.717) is 30.4 Å². The molecule has 0 saturated carbocycles. The summed E-state index contributed by atoms with van der Waals surface area (Å²) in [7, 11) is 1.63. The highest BCUT2D eigenvalue weighted by Gasteiger charge is 2.41. The Morgan fingerprint density at radius 1 is 0.913 bits per heavy atom. The molecule has 3 aromatic carbocycles. The number of benzene rings is 3. The predicted molar refractivity (Wildman–Crippen MR) is 183 cm³/mol. The van der Waals surface area contributed by atoms with Gasteiger partial charge in [0.05, 0.1) is 25.0 Å². The van der Waals surface area contributed by atoms with Crippen LogP contribution in [0.5, 0.6) is 5.75 Å². The minimum atomic E-state index is -0.311. The minimum absolute atomic E-state index is 0.163. The summed E-state index contributed by atoms with van der Waals surface area (Å²) in [5.74, 6) is 2.08. The van der Waals surface area contributed by atoms with Crippen LogP contribution in [0.1, 0.15) is 73.6 Å². The molecule has 0 spiro atoms. The number of carbonyl (C=O) groups is 2. The molecule has 1 aromatic heterocycles. The van der Waals surface area contributed by atoms with Crippen molar-refractivity contribution in [1.29, 1.82) is 0 Å². The van der Waals surface area contributed by atoms with Crippen LogP contribution in [-0.2, 0) is 11.8 Å². The van der Waals surface area contributed by atoms with Crippen molar-refractivity contribution in [3.8, 4) is 11.4 Å². The van der Waals surface area contributed by atoms with Gasteiger partial charge in [-0.15, -0.1) is 0 Å². The second kappa shape index (κ2) is 13.1. The van der Waals surface area contributed by atoms with E-state index in [0.717, 1.165) is 66.0 Å². The van der Waals surface area contributed by atoms with Crippen molar-refractivity contribution < 1.29 is 14.3 Å². The van der Waals surface area contributed by atoms with Gasteiger partial charge in [0.1, 0.15) is 11.6 Å². The van der Waals surface area contributed by atoms with Crippen LogP contribution in [0.2, 0.25) is 0 Å². The molecule has 8 nitrogen and oxygen atoms in total. The molecule has 2 N–H and O–H groups in total. The third-order valence-corrected chi connectivity index (χ3v) is 9.43. The number of nitrogens with one attached hydrogen (secondary N) is 2. The summed E-state index contributed by atoms with van der Waals surface area (Å²) in [4.78, 5) is 28.6. The Bertz CT molecular complexity index is 1670. The molecule has 8 heteroatoms. The summed E-state index contributed by atoms with van der Waals surface area (Å²) < 4.78 is 7.10. The van der Waals surface area contributed by atoms with Crippen molar-refractivity contribution in [2.75, 3.05) is 24.3 Å². The first-order chi connectivity index (χ1) is 22.1. The summed E-state index contributed by atoms with van der Waals surface area (Å²) in [6.07, 6.45) is 5.53. The Kier molecular flexibility index (Phi) is 9.00. The SMILES string of the molecule is COc1cccc(C(=O)CN2C3CCC2CC(Cc2ccc(NC(=O)Nc4cc(C(C)(C)C)nn4-c4ccc(C)cc4)cc2)C3)c1. The van der Waals surface area contributed by atoms with Gasteiger partial charge in [0.15, 0.2) is 5.78 Å². The molecule has 2 aliphatic rings. The van der Waals surface area contributed by atoms with Gasteiger partial charge in [-0.25, -0.2) is 9.48 Å². The van der Waals surface area contributed by atoms with Gasteiger partial charge in [0.2, 0.25) is 0 Å². The number of hydrogen-bond acceptors (Lipinski definition) is 5. The summed E-state index contributed by atoms with van der Waals surface area (Å²) in [5, 5.41) is 10.8. The number of carbonyl (C=O) groups excluding carboxylic acids is 2. The van der Waals surface area contributed by atoms with E-state index in [4.69, 9.17) is 9.84 Å². The Morgan fingerprint density at radius 2 is 1.61 bits per heavy atom. The highest BCUT2D eigenvalue weighted by Crippen LogP contribution is 2.40. The summed E-state index contributed by atoms with van der Waals surface area (Å²) in [6, 6.07) is 26.3. The normalized spacial score (nSPS) is 19.5. The molecular formula is C38H45N5O3. The van der Waals surface area contributed by atoms with E-state index >= 15 is 0 Å². The van der Waals surface area contributed by atoms with Gasteiger partial charge in [0, 0.05) is 34.8 Å². The smallest absolute Gasteiger partial charge is 0.324 e. The van der Waals surface area contributed by atoms with Crippen LogP contribution in [0.3, 0.4) is 0 Å². The van der Waals surface area contributed by atoms with Gasteiger partial charge in [-0.3, -0.25) is 15.0 Å². The van der Waals surface area contributed by atoms with Crippen LogP contribution in [0.4, 0.5) is 16.3 Å². The molecule has 2 saturated heterocycles. The lowest BCUT2D eigenvalue weighted by Crippen LogP contribution is -2.45. The third-order valence-electron chi connectivity index (χ3n) is 9.43. The van der Waals surface area contributed by atoms with Gasteiger partial charge in [-0.1, -0.05) is 62.7 Å². The maximum Gasteiger partial charge on any atom is 0.324 e. The largest absolute Gasteiger partial charge is 0.497 e. The number of ketones is 1. The van der Waals surface area contributed by atoms with E-state index in [2.05, 4.69) is 48.4 Å². The third kappa shape index (κ3) is 7.18. The van der Waals surface area contributed by atoms with Gasteiger partial charge in [-0.05, 0) is 86.9 Å². The van der Waals surface area contributed by atoms with E-state index in [9.17, 15) is 9.59 Å². The first-order valence-electron chi connectivity index (χ1n) is 16.3. The molecule has 3 heterocycles. The summed E-state index contributed by atoms with van der Waals surface area (Å²) >= 11 is 0. The van der Waals surface area contributed by atoms with Crippen LogP contribution < -0.4 is 15.4 Å². The fourth-order valence-corrected chi connectivity index (χ4v) is 6.92. The lowest BCUT2D eigenvalue weighted by molar-refractivity contribution is 0.0744.